The van der Waals surface area contributed by atoms with Crippen LogP contribution in [-0.4, -0.2) is 29.5 Å². The predicted octanol–water partition coefficient (Wildman–Crippen LogP) is 2.68. The molecule has 2 rings (SSSR count). The normalized spacial score (nSPS) is 38.6. The highest BCUT2D eigenvalue weighted by molar-refractivity contribution is 9.09. The molecule has 4 nitrogen and oxygen atoms in total. The third-order valence-electron chi connectivity index (χ3n) is 4.59. The summed E-state index contributed by atoms with van der Waals surface area (Å²) in [5.74, 6) is -0.385. The second-order valence-corrected chi connectivity index (χ2v) is 7.12. The van der Waals surface area contributed by atoms with E-state index in [0.717, 1.165) is 19.3 Å². The maximum absolute atomic E-state index is 11.9. The SMILES string of the molecule is COC(=O)[C@@H]1C[C@]2(CC[C@H](C(C)C)C[C@H]2Br)OC1=O. The Morgan fingerprint density at radius 2 is 2.21 bits per heavy atom. The molecular weight excluding hydrogens is 312 g/mol. The number of carbonyl (C=O) groups excluding carboxylic acids is 2. The molecule has 108 valence electrons. The van der Waals surface area contributed by atoms with E-state index < -0.39 is 23.5 Å². The van der Waals surface area contributed by atoms with E-state index in [1.54, 1.807) is 0 Å². The third-order valence-corrected chi connectivity index (χ3v) is 5.79. The van der Waals surface area contributed by atoms with Crippen molar-refractivity contribution in [3.63, 3.8) is 0 Å². The number of esters is 2. The number of rotatable bonds is 2. The predicted molar refractivity (Wildman–Crippen MR) is 73.8 cm³/mol. The average molecular weight is 333 g/mol. The molecule has 0 aromatic rings. The van der Waals surface area contributed by atoms with E-state index in [2.05, 4.69) is 34.5 Å². The van der Waals surface area contributed by atoms with Gasteiger partial charge in [0.1, 0.15) is 5.60 Å². The standard InChI is InChI=1S/C14H21BrO4/c1-8(2)9-4-5-14(11(15)6-9)7-10(12(16)18-3)13(17)19-14/h8-11H,4-7H2,1-3H3/t9-,10-,11+,14-/m0/s1. The van der Waals surface area contributed by atoms with Crippen LogP contribution in [0.5, 0.6) is 0 Å². The van der Waals surface area contributed by atoms with Gasteiger partial charge in [0.05, 0.1) is 11.9 Å². The van der Waals surface area contributed by atoms with Crippen molar-refractivity contribution in [3.05, 3.63) is 0 Å². The molecule has 4 atom stereocenters. The summed E-state index contributed by atoms with van der Waals surface area (Å²) >= 11 is 3.68. The molecule has 0 amide bonds. The minimum Gasteiger partial charge on any atom is -0.468 e. The van der Waals surface area contributed by atoms with Gasteiger partial charge in [-0.25, -0.2) is 0 Å². The van der Waals surface area contributed by atoms with E-state index in [4.69, 9.17) is 4.74 Å². The van der Waals surface area contributed by atoms with Crippen LogP contribution in [0.15, 0.2) is 0 Å². The highest BCUT2D eigenvalue weighted by atomic mass is 79.9. The zero-order valence-corrected chi connectivity index (χ0v) is 13.2. The highest BCUT2D eigenvalue weighted by Gasteiger charge is 2.55. The van der Waals surface area contributed by atoms with Gasteiger partial charge in [-0.15, -0.1) is 0 Å². The van der Waals surface area contributed by atoms with Crippen molar-refractivity contribution in [3.8, 4) is 0 Å². The second kappa shape index (κ2) is 5.43. The van der Waals surface area contributed by atoms with Crippen LogP contribution in [0.4, 0.5) is 0 Å². The molecule has 1 saturated carbocycles. The Hall–Kier alpha value is -0.580. The Morgan fingerprint density at radius 3 is 2.74 bits per heavy atom. The fraction of sp³-hybridized carbons (Fsp3) is 0.857. The van der Waals surface area contributed by atoms with E-state index in [9.17, 15) is 9.59 Å². The maximum Gasteiger partial charge on any atom is 0.321 e. The molecule has 0 aromatic heterocycles. The monoisotopic (exact) mass is 332 g/mol. The molecule has 1 spiro atoms. The van der Waals surface area contributed by atoms with Crippen LogP contribution in [0.3, 0.4) is 0 Å². The van der Waals surface area contributed by atoms with E-state index in [-0.39, 0.29) is 4.83 Å². The summed E-state index contributed by atoms with van der Waals surface area (Å²) < 4.78 is 10.3. The second-order valence-electron chi connectivity index (χ2n) is 6.01. The minimum absolute atomic E-state index is 0.125. The third kappa shape index (κ3) is 2.67. The Kier molecular flexibility index (Phi) is 4.23. The lowest BCUT2D eigenvalue weighted by molar-refractivity contribution is -0.158. The first-order valence-corrected chi connectivity index (χ1v) is 7.76. The Bertz CT molecular complexity index is 382. The van der Waals surface area contributed by atoms with Crippen LogP contribution >= 0.6 is 15.9 Å². The molecule has 2 aliphatic rings. The lowest BCUT2D eigenvalue weighted by Gasteiger charge is -2.41. The molecule has 1 saturated heterocycles. The Balaban J connectivity index is 2.10. The van der Waals surface area contributed by atoms with Gasteiger partial charge in [-0.2, -0.15) is 0 Å². The van der Waals surface area contributed by atoms with Crippen molar-refractivity contribution < 1.29 is 19.1 Å². The van der Waals surface area contributed by atoms with E-state index in [1.165, 1.54) is 7.11 Å². The van der Waals surface area contributed by atoms with Gasteiger partial charge in [-0.1, -0.05) is 29.8 Å². The van der Waals surface area contributed by atoms with E-state index in [0.29, 0.717) is 18.3 Å². The van der Waals surface area contributed by atoms with Crippen molar-refractivity contribution in [1.29, 1.82) is 0 Å². The molecular formula is C14H21BrO4. The van der Waals surface area contributed by atoms with Crippen molar-refractivity contribution >= 4 is 27.9 Å². The summed E-state index contributed by atoms with van der Waals surface area (Å²) in [7, 11) is 1.31. The number of carbonyl (C=O) groups is 2. The Morgan fingerprint density at radius 1 is 1.53 bits per heavy atom. The van der Waals surface area contributed by atoms with Crippen LogP contribution in [0.1, 0.15) is 39.5 Å². The summed E-state index contributed by atoms with van der Waals surface area (Å²) in [6.07, 6.45) is 3.30. The molecule has 0 N–H and O–H groups in total. The topological polar surface area (TPSA) is 52.6 Å². The fourth-order valence-electron chi connectivity index (χ4n) is 3.20. The number of halogens is 1. The van der Waals surface area contributed by atoms with Crippen LogP contribution in [0.2, 0.25) is 0 Å². The van der Waals surface area contributed by atoms with Gasteiger partial charge in [0.25, 0.3) is 0 Å². The number of ether oxygens (including phenoxy) is 2. The molecule has 0 aromatic carbocycles. The Labute approximate surface area is 122 Å². The molecule has 19 heavy (non-hydrogen) atoms. The first-order chi connectivity index (χ1) is 8.89. The smallest absolute Gasteiger partial charge is 0.321 e. The fourth-order valence-corrected chi connectivity index (χ4v) is 4.19. The highest BCUT2D eigenvalue weighted by Crippen LogP contribution is 2.48. The first-order valence-electron chi connectivity index (χ1n) is 6.84. The summed E-state index contributed by atoms with van der Waals surface area (Å²) in [5.41, 5.74) is -0.513. The summed E-state index contributed by atoms with van der Waals surface area (Å²) in [4.78, 5) is 23.6. The van der Waals surface area contributed by atoms with E-state index >= 15 is 0 Å². The van der Waals surface area contributed by atoms with Gasteiger partial charge < -0.3 is 9.47 Å². The quantitative estimate of drug-likeness (QED) is 0.443. The van der Waals surface area contributed by atoms with Gasteiger partial charge in [0.2, 0.25) is 0 Å². The largest absolute Gasteiger partial charge is 0.468 e. The van der Waals surface area contributed by atoms with Crippen molar-refractivity contribution in [2.45, 2.75) is 50.0 Å². The molecule has 0 unspecified atom stereocenters. The average Bonchev–Trinajstić information content (AvgIpc) is 2.70. The summed E-state index contributed by atoms with van der Waals surface area (Å²) in [5, 5.41) is 0. The van der Waals surface area contributed by atoms with E-state index in [1.807, 2.05) is 0 Å². The summed E-state index contributed by atoms with van der Waals surface area (Å²) in [6.45, 7) is 4.45. The number of hydrogen-bond donors (Lipinski definition) is 0. The van der Waals surface area contributed by atoms with Gasteiger partial charge in [0, 0.05) is 6.42 Å². The number of alkyl halides is 1. The zero-order chi connectivity index (χ0) is 14.2. The molecule has 1 aliphatic heterocycles. The first kappa shape index (κ1) is 14.8. The zero-order valence-electron chi connectivity index (χ0n) is 11.6. The molecule has 1 aliphatic carbocycles. The van der Waals surface area contributed by atoms with Crippen LogP contribution in [-0.2, 0) is 19.1 Å². The van der Waals surface area contributed by atoms with Crippen molar-refractivity contribution in [1.82, 2.24) is 0 Å². The molecule has 5 heteroatoms. The maximum atomic E-state index is 11.9. The van der Waals surface area contributed by atoms with Gasteiger partial charge in [0.15, 0.2) is 5.92 Å². The van der Waals surface area contributed by atoms with Crippen LogP contribution in [0.25, 0.3) is 0 Å². The minimum atomic E-state index is -0.749. The van der Waals surface area contributed by atoms with Crippen molar-refractivity contribution in [2.24, 2.45) is 17.8 Å². The van der Waals surface area contributed by atoms with Gasteiger partial charge in [-0.05, 0) is 31.1 Å². The van der Waals surface area contributed by atoms with Crippen LogP contribution < -0.4 is 0 Å². The van der Waals surface area contributed by atoms with Crippen molar-refractivity contribution in [2.75, 3.05) is 7.11 Å². The molecule has 2 fully saturated rings. The lowest BCUT2D eigenvalue weighted by atomic mass is 9.72. The summed E-state index contributed by atoms with van der Waals surface area (Å²) in [6, 6.07) is 0. The molecule has 0 bridgehead atoms. The molecule has 1 heterocycles. The van der Waals surface area contributed by atoms with Crippen LogP contribution in [0, 0.1) is 17.8 Å². The number of methoxy groups -OCH3 is 1. The number of hydrogen-bond acceptors (Lipinski definition) is 4. The van der Waals surface area contributed by atoms with Gasteiger partial charge >= 0.3 is 11.9 Å². The molecule has 0 radical (unpaired) electrons. The lowest BCUT2D eigenvalue weighted by Crippen LogP contribution is -2.44. The van der Waals surface area contributed by atoms with Gasteiger partial charge in [-0.3, -0.25) is 9.59 Å².